The van der Waals surface area contributed by atoms with E-state index in [-0.39, 0.29) is 34.2 Å². The van der Waals surface area contributed by atoms with Gasteiger partial charge in [-0.15, -0.1) is 0 Å². The van der Waals surface area contributed by atoms with Crippen LogP contribution >= 0.6 is 0 Å². The number of carbonyl (C=O) groups is 1. The number of hydrogen-bond acceptors (Lipinski definition) is 6. The molecule has 4 rings (SSSR count). The molecule has 4 aromatic rings. The van der Waals surface area contributed by atoms with Gasteiger partial charge in [-0.2, -0.15) is 18.3 Å². The summed E-state index contributed by atoms with van der Waals surface area (Å²) in [6.07, 6.45) is -4.75. The third-order valence-electron chi connectivity index (χ3n) is 5.65. The van der Waals surface area contributed by atoms with Crippen molar-refractivity contribution in [1.29, 1.82) is 0 Å². The second-order valence-electron chi connectivity index (χ2n) is 9.87. The van der Waals surface area contributed by atoms with Gasteiger partial charge in [0.05, 0.1) is 22.4 Å². The van der Waals surface area contributed by atoms with Gasteiger partial charge < -0.3 is 10.1 Å². The van der Waals surface area contributed by atoms with E-state index < -0.39 is 28.1 Å². The minimum absolute atomic E-state index is 0.000877. The third kappa shape index (κ3) is 5.58. The molecule has 12 heteroatoms. The van der Waals surface area contributed by atoms with Gasteiger partial charge in [0.1, 0.15) is 17.2 Å². The van der Waals surface area contributed by atoms with E-state index in [9.17, 15) is 28.1 Å². The zero-order valence-corrected chi connectivity index (χ0v) is 21.2. The molecule has 0 aliphatic rings. The van der Waals surface area contributed by atoms with Crippen molar-refractivity contribution in [2.45, 2.75) is 46.2 Å². The van der Waals surface area contributed by atoms with Crippen LogP contribution in [0.15, 0.2) is 48.5 Å². The van der Waals surface area contributed by atoms with Crippen LogP contribution in [0.2, 0.25) is 0 Å². The summed E-state index contributed by atoms with van der Waals surface area (Å²) >= 11 is 0. The first-order chi connectivity index (χ1) is 17.6. The Bertz CT molecular complexity index is 1570. The van der Waals surface area contributed by atoms with Crippen molar-refractivity contribution >= 4 is 22.9 Å². The van der Waals surface area contributed by atoms with Crippen molar-refractivity contribution in [2.75, 3.05) is 5.32 Å². The monoisotopic (exact) mass is 527 g/mol. The van der Waals surface area contributed by atoms with E-state index >= 15 is 0 Å². The first-order valence-electron chi connectivity index (χ1n) is 11.5. The van der Waals surface area contributed by atoms with E-state index in [4.69, 9.17) is 4.74 Å². The van der Waals surface area contributed by atoms with Crippen LogP contribution in [-0.2, 0) is 11.6 Å². The zero-order chi connectivity index (χ0) is 28.0. The third-order valence-corrected chi connectivity index (χ3v) is 5.65. The maximum atomic E-state index is 13.8. The molecule has 0 aliphatic heterocycles. The highest BCUT2D eigenvalue weighted by molar-refractivity contribution is 6.03. The Kier molecular flexibility index (Phi) is 6.60. The number of benzene rings is 2. The number of fused-ring (bicyclic) bond motifs is 1. The van der Waals surface area contributed by atoms with Gasteiger partial charge in [0.2, 0.25) is 0 Å². The SMILES string of the molecule is Cc1ccc(C)c(Oc2cc(NC(=O)c3cc4nc(C(C)(C)C)cc(C(F)(F)F)n4n3)cc([N+](=O)[O-])c2)c1. The summed E-state index contributed by atoms with van der Waals surface area (Å²) in [4.78, 5) is 28.1. The molecule has 1 N–H and O–H groups in total. The largest absolute Gasteiger partial charge is 0.457 e. The molecule has 0 radical (unpaired) electrons. The van der Waals surface area contributed by atoms with Gasteiger partial charge in [-0.25, -0.2) is 9.50 Å². The first-order valence-corrected chi connectivity index (χ1v) is 11.5. The van der Waals surface area contributed by atoms with Crippen molar-refractivity contribution in [2.24, 2.45) is 0 Å². The molecule has 2 aromatic carbocycles. The molecule has 0 unspecified atom stereocenters. The zero-order valence-electron chi connectivity index (χ0n) is 21.2. The molecule has 0 aliphatic carbocycles. The Morgan fingerprint density at radius 1 is 1.05 bits per heavy atom. The molecule has 2 heterocycles. The topological polar surface area (TPSA) is 112 Å². The number of ether oxygens (including phenoxy) is 1. The number of hydrogen-bond donors (Lipinski definition) is 1. The van der Waals surface area contributed by atoms with Crippen molar-refractivity contribution in [3.63, 3.8) is 0 Å². The van der Waals surface area contributed by atoms with Crippen molar-refractivity contribution in [3.05, 3.63) is 86.9 Å². The summed E-state index contributed by atoms with van der Waals surface area (Å²) in [5.41, 5.74) is -0.746. The highest BCUT2D eigenvalue weighted by Crippen LogP contribution is 2.34. The summed E-state index contributed by atoms with van der Waals surface area (Å²) < 4.78 is 47.7. The van der Waals surface area contributed by atoms with Crippen LogP contribution in [-0.4, -0.2) is 25.4 Å². The highest BCUT2D eigenvalue weighted by atomic mass is 19.4. The van der Waals surface area contributed by atoms with Crippen LogP contribution in [0.1, 0.15) is 53.8 Å². The predicted octanol–water partition coefficient (Wildman–Crippen LogP) is 6.62. The molecule has 0 atom stereocenters. The number of carbonyl (C=O) groups excluding carboxylic acids is 1. The minimum atomic E-state index is -4.75. The molecule has 1 amide bonds. The number of nitrogens with one attached hydrogen (secondary N) is 1. The minimum Gasteiger partial charge on any atom is -0.457 e. The second kappa shape index (κ2) is 9.43. The average Bonchev–Trinajstić information content (AvgIpc) is 3.24. The van der Waals surface area contributed by atoms with Crippen molar-refractivity contribution < 1.29 is 27.6 Å². The van der Waals surface area contributed by atoms with Gasteiger partial charge in [-0.05, 0) is 37.1 Å². The summed E-state index contributed by atoms with van der Waals surface area (Å²) in [6.45, 7) is 8.83. The Hall–Kier alpha value is -4.48. The van der Waals surface area contributed by atoms with E-state index in [1.165, 1.54) is 12.1 Å². The molecule has 38 heavy (non-hydrogen) atoms. The van der Waals surface area contributed by atoms with Crippen molar-refractivity contribution in [3.8, 4) is 11.5 Å². The van der Waals surface area contributed by atoms with E-state index in [0.29, 0.717) is 10.3 Å². The van der Waals surface area contributed by atoms with Gasteiger partial charge in [0.15, 0.2) is 11.3 Å². The van der Waals surface area contributed by atoms with E-state index in [1.807, 2.05) is 26.0 Å². The lowest BCUT2D eigenvalue weighted by atomic mass is 9.91. The standard InChI is InChI=1S/C26H24F3N5O4/c1-14-6-7-15(2)20(8-14)38-18-10-16(9-17(11-18)34(36)37)30-24(35)19-12-23-31-21(25(3,4)5)13-22(26(27,28)29)33(23)32-19/h6-13H,1-5H3,(H,30,35). The number of anilines is 1. The van der Waals surface area contributed by atoms with Crippen LogP contribution < -0.4 is 10.1 Å². The number of halogens is 3. The van der Waals surface area contributed by atoms with Gasteiger partial charge in [0.25, 0.3) is 11.6 Å². The summed E-state index contributed by atoms with van der Waals surface area (Å²) in [5.74, 6) is -0.309. The number of rotatable bonds is 5. The van der Waals surface area contributed by atoms with Crippen LogP contribution in [0, 0.1) is 24.0 Å². The van der Waals surface area contributed by atoms with Gasteiger partial charge >= 0.3 is 6.18 Å². The van der Waals surface area contributed by atoms with Crippen LogP contribution in [0.4, 0.5) is 24.5 Å². The maximum Gasteiger partial charge on any atom is 0.433 e. The normalized spacial score (nSPS) is 12.0. The molecule has 9 nitrogen and oxygen atoms in total. The van der Waals surface area contributed by atoms with Crippen LogP contribution in [0.25, 0.3) is 5.65 Å². The quantitative estimate of drug-likeness (QED) is 0.231. The Balaban J connectivity index is 1.71. The molecule has 0 saturated heterocycles. The Morgan fingerprint density at radius 2 is 1.76 bits per heavy atom. The number of amides is 1. The summed E-state index contributed by atoms with van der Waals surface area (Å²) in [7, 11) is 0. The molecular formula is C26H24F3N5O4. The lowest BCUT2D eigenvalue weighted by Gasteiger charge is -2.19. The number of nitro benzene ring substituents is 1. The van der Waals surface area contributed by atoms with Crippen LogP contribution in [0.5, 0.6) is 11.5 Å². The number of aryl methyl sites for hydroxylation is 2. The number of nitrogens with zero attached hydrogens (tertiary/aromatic N) is 4. The molecule has 0 saturated carbocycles. The second-order valence-corrected chi connectivity index (χ2v) is 9.87. The number of nitro groups is 1. The smallest absolute Gasteiger partial charge is 0.433 e. The van der Waals surface area contributed by atoms with E-state index in [0.717, 1.165) is 29.3 Å². The van der Waals surface area contributed by atoms with Gasteiger partial charge in [-0.3, -0.25) is 14.9 Å². The molecular weight excluding hydrogens is 503 g/mol. The van der Waals surface area contributed by atoms with E-state index in [2.05, 4.69) is 15.4 Å². The summed E-state index contributed by atoms with van der Waals surface area (Å²) in [5, 5.41) is 17.8. The molecule has 0 bridgehead atoms. The van der Waals surface area contributed by atoms with Gasteiger partial charge in [0, 0.05) is 23.6 Å². The molecule has 2 aromatic heterocycles. The fourth-order valence-corrected chi connectivity index (χ4v) is 3.63. The highest BCUT2D eigenvalue weighted by Gasteiger charge is 2.36. The number of non-ortho nitro benzene ring substituents is 1. The number of alkyl halides is 3. The predicted molar refractivity (Wildman–Crippen MR) is 134 cm³/mol. The number of aromatic nitrogens is 3. The summed E-state index contributed by atoms with van der Waals surface area (Å²) in [6, 6.07) is 11.2. The Labute approximate surface area is 215 Å². The first kappa shape index (κ1) is 26.6. The molecule has 0 fully saturated rings. The fourth-order valence-electron chi connectivity index (χ4n) is 3.63. The Morgan fingerprint density at radius 3 is 2.39 bits per heavy atom. The van der Waals surface area contributed by atoms with Crippen molar-refractivity contribution in [1.82, 2.24) is 14.6 Å². The molecule has 0 spiro atoms. The fraction of sp³-hybridized carbons (Fsp3) is 0.269. The lowest BCUT2D eigenvalue weighted by Crippen LogP contribution is -2.20. The van der Waals surface area contributed by atoms with Gasteiger partial charge in [-0.1, -0.05) is 32.9 Å². The van der Waals surface area contributed by atoms with E-state index in [1.54, 1.807) is 26.8 Å². The van der Waals surface area contributed by atoms with Crippen LogP contribution in [0.3, 0.4) is 0 Å². The lowest BCUT2D eigenvalue weighted by molar-refractivity contribution is -0.384. The molecule has 198 valence electrons. The maximum absolute atomic E-state index is 13.8. The average molecular weight is 528 g/mol.